The zero-order chi connectivity index (χ0) is 19.2. The van der Waals surface area contributed by atoms with E-state index in [1.165, 1.54) is 0 Å². The van der Waals surface area contributed by atoms with E-state index in [1.54, 1.807) is 30.3 Å². The Morgan fingerprint density at radius 2 is 1.78 bits per heavy atom. The van der Waals surface area contributed by atoms with Gasteiger partial charge in [0.25, 0.3) is 5.91 Å². The monoisotopic (exact) mass is 365 g/mol. The first kappa shape index (κ1) is 18.7. The van der Waals surface area contributed by atoms with Crippen LogP contribution in [0.2, 0.25) is 0 Å². The molecule has 0 radical (unpaired) electrons. The fraction of sp³-hybridized carbons (Fsp3) is 0.227. The van der Waals surface area contributed by atoms with Crippen LogP contribution in [0.4, 0.5) is 5.69 Å². The number of carbonyl (C=O) groups excluding carboxylic acids is 1. The molecule has 2 aromatic carbocycles. The minimum atomic E-state index is -0.182. The van der Waals surface area contributed by atoms with Crippen molar-refractivity contribution in [2.45, 2.75) is 33.0 Å². The number of benzene rings is 2. The largest absolute Gasteiger partial charge is 0.491 e. The lowest BCUT2D eigenvalue weighted by molar-refractivity contribution is 0.102. The Kier molecular flexibility index (Phi) is 5.94. The number of furan rings is 1. The highest BCUT2D eigenvalue weighted by molar-refractivity contribution is 6.04. The van der Waals surface area contributed by atoms with Crippen LogP contribution in [0.15, 0.2) is 65.1 Å². The third-order valence-electron chi connectivity index (χ3n) is 4.27. The van der Waals surface area contributed by atoms with Crippen molar-refractivity contribution < 1.29 is 19.1 Å². The number of nitrogens with one attached hydrogen (secondary N) is 1. The number of hydrogen-bond acceptors (Lipinski definition) is 4. The van der Waals surface area contributed by atoms with Gasteiger partial charge in [0.15, 0.2) is 0 Å². The summed E-state index contributed by atoms with van der Waals surface area (Å²) in [5.41, 5.74) is 2.13. The Morgan fingerprint density at radius 3 is 2.37 bits per heavy atom. The molecule has 0 bridgehead atoms. The highest BCUT2D eigenvalue weighted by Crippen LogP contribution is 2.24. The van der Waals surface area contributed by atoms with Crippen LogP contribution in [0.1, 0.15) is 36.4 Å². The molecule has 1 aromatic heterocycles. The van der Waals surface area contributed by atoms with Crippen LogP contribution in [0, 0.1) is 0 Å². The van der Waals surface area contributed by atoms with Crippen molar-refractivity contribution in [1.29, 1.82) is 0 Å². The second kappa shape index (κ2) is 8.56. The van der Waals surface area contributed by atoms with Crippen LogP contribution in [0.25, 0.3) is 11.3 Å². The standard InChI is InChI=1S/C22H23NO4/c1-3-15(2)26-19-10-6-17(7-11-19)22(25)23-18-8-4-16(5-9-18)21-13-12-20(14-24)27-21/h4-13,15,24H,3,14H2,1-2H3,(H,23,25)/t15-/m0/s1. The third kappa shape index (κ3) is 4.77. The van der Waals surface area contributed by atoms with E-state index in [0.717, 1.165) is 17.7 Å². The van der Waals surface area contributed by atoms with Gasteiger partial charge in [0.1, 0.15) is 23.9 Å². The molecule has 1 heterocycles. The molecule has 5 nitrogen and oxygen atoms in total. The van der Waals surface area contributed by atoms with E-state index in [-0.39, 0.29) is 18.6 Å². The summed E-state index contributed by atoms with van der Waals surface area (Å²) in [6.07, 6.45) is 1.07. The Morgan fingerprint density at radius 1 is 1.07 bits per heavy atom. The van der Waals surface area contributed by atoms with E-state index in [4.69, 9.17) is 14.3 Å². The summed E-state index contributed by atoms with van der Waals surface area (Å²) in [6.45, 7) is 3.95. The predicted octanol–water partition coefficient (Wildman–Crippen LogP) is 4.87. The van der Waals surface area contributed by atoms with E-state index in [2.05, 4.69) is 12.2 Å². The van der Waals surface area contributed by atoms with Gasteiger partial charge in [-0.05, 0) is 74.0 Å². The van der Waals surface area contributed by atoms with E-state index >= 15 is 0 Å². The number of amides is 1. The first-order valence-corrected chi connectivity index (χ1v) is 8.97. The summed E-state index contributed by atoms with van der Waals surface area (Å²) >= 11 is 0. The van der Waals surface area contributed by atoms with Crippen LogP contribution >= 0.6 is 0 Å². The van der Waals surface area contributed by atoms with Crippen molar-refractivity contribution in [3.63, 3.8) is 0 Å². The molecular weight excluding hydrogens is 342 g/mol. The Hall–Kier alpha value is -3.05. The van der Waals surface area contributed by atoms with Crippen molar-refractivity contribution in [3.8, 4) is 17.1 Å². The number of carbonyl (C=O) groups is 1. The zero-order valence-electron chi connectivity index (χ0n) is 15.4. The third-order valence-corrected chi connectivity index (χ3v) is 4.27. The van der Waals surface area contributed by atoms with Gasteiger partial charge in [-0.1, -0.05) is 6.92 Å². The molecular formula is C22H23NO4. The molecule has 3 rings (SSSR count). The van der Waals surface area contributed by atoms with Gasteiger partial charge in [-0.15, -0.1) is 0 Å². The maximum atomic E-state index is 12.4. The van der Waals surface area contributed by atoms with E-state index in [0.29, 0.717) is 22.8 Å². The van der Waals surface area contributed by atoms with E-state index in [9.17, 15) is 4.79 Å². The van der Waals surface area contributed by atoms with Crippen molar-refractivity contribution in [2.75, 3.05) is 5.32 Å². The van der Waals surface area contributed by atoms with Crippen molar-refractivity contribution >= 4 is 11.6 Å². The number of anilines is 1. The lowest BCUT2D eigenvalue weighted by Gasteiger charge is -2.12. The van der Waals surface area contributed by atoms with Crippen molar-refractivity contribution in [1.82, 2.24) is 0 Å². The molecule has 27 heavy (non-hydrogen) atoms. The number of ether oxygens (including phenoxy) is 1. The fourth-order valence-corrected chi connectivity index (χ4v) is 2.54. The molecule has 2 N–H and O–H groups in total. The molecule has 5 heteroatoms. The molecule has 0 spiro atoms. The first-order valence-electron chi connectivity index (χ1n) is 8.97. The maximum Gasteiger partial charge on any atom is 0.255 e. The quantitative estimate of drug-likeness (QED) is 0.627. The van der Waals surface area contributed by atoms with E-state index in [1.807, 2.05) is 37.3 Å². The molecule has 1 atom stereocenters. The Balaban J connectivity index is 1.63. The van der Waals surface area contributed by atoms with Gasteiger partial charge in [0, 0.05) is 16.8 Å². The van der Waals surface area contributed by atoms with Gasteiger partial charge in [-0.2, -0.15) is 0 Å². The lowest BCUT2D eigenvalue weighted by atomic mass is 10.1. The summed E-state index contributed by atoms with van der Waals surface area (Å²) in [5, 5.41) is 11.9. The summed E-state index contributed by atoms with van der Waals surface area (Å²) in [4.78, 5) is 12.4. The molecule has 0 aliphatic carbocycles. The SMILES string of the molecule is CC[C@H](C)Oc1ccc(C(=O)Nc2ccc(-c3ccc(CO)o3)cc2)cc1. The van der Waals surface area contributed by atoms with Gasteiger partial charge < -0.3 is 19.6 Å². The van der Waals surface area contributed by atoms with Crippen LogP contribution < -0.4 is 10.1 Å². The Labute approximate surface area is 158 Å². The number of rotatable bonds is 7. The number of aliphatic hydroxyl groups is 1. The normalized spacial score (nSPS) is 11.8. The van der Waals surface area contributed by atoms with Gasteiger partial charge in [-0.25, -0.2) is 0 Å². The molecule has 1 amide bonds. The summed E-state index contributed by atoms with van der Waals surface area (Å²) in [7, 11) is 0. The molecule has 0 aliphatic heterocycles. The molecule has 0 aliphatic rings. The molecule has 0 fully saturated rings. The summed E-state index contributed by atoms with van der Waals surface area (Å²) in [5.74, 6) is 1.77. The minimum Gasteiger partial charge on any atom is -0.491 e. The van der Waals surface area contributed by atoms with Crippen molar-refractivity contribution in [2.24, 2.45) is 0 Å². The van der Waals surface area contributed by atoms with Crippen LogP contribution in [-0.2, 0) is 6.61 Å². The average molecular weight is 365 g/mol. The first-order chi connectivity index (χ1) is 13.1. The average Bonchev–Trinajstić information content (AvgIpc) is 3.18. The fourth-order valence-electron chi connectivity index (χ4n) is 2.54. The smallest absolute Gasteiger partial charge is 0.255 e. The molecule has 0 unspecified atom stereocenters. The van der Waals surface area contributed by atoms with Gasteiger partial charge in [0.2, 0.25) is 0 Å². The van der Waals surface area contributed by atoms with Gasteiger partial charge in [-0.3, -0.25) is 4.79 Å². The van der Waals surface area contributed by atoms with Crippen molar-refractivity contribution in [3.05, 3.63) is 72.0 Å². The maximum absolute atomic E-state index is 12.4. The lowest BCUT2D eigenvalue weighted by Crippen LogP contribution is -2.12. The topological polar surface area (TPSA) is 71.7 Å². The summed E-state index contributed by atoms with van der Waals surface area (Å²) in [6, 6.07) is 18.0. The molecule has 0 saturated carbocycles. The van der Waals surface area contributed by atoms with Gasteiger partial charge >= 0.3 is 0 Å². The van der Waals surface area contributed by atoms with Gasteiger partial charge in [0.05, 0.1) is 6.10 Å². The number of hydrogen-bond donors (Lipinski definition) is 2. The minimum absolute atomic E-state index is 0.130. The second-order valence-electron chi connectivity index (χ2n) is 6.32. The van der Waals surface area contributed by atoms with Crippen LogP contribution in [0.3, 0.4) is 0 Å². The summed E-state index contributed by atoms with van der Waals surface area (Å²) < 4.78 is 11.2. The number of aliphatic hydroxyl groups excluding tert-OH is 1. The van der Waals surface area contributed by atoms with E-state index < -0.39 is 0 Å². The zero-order valence-corrected chi connectivity index (χ0v) is 15.4. The van der Waals surface area contributed by atoms with Crippen LogP contribution in [0.5, 0.6) is 5.75 Å². The molecule has 140 valence electrons. The predicted molar refractivity (Wildman–Crippen MR) is 105 cm³/mol. The molecule has 0 saturated heterocycles. The highest BCUT2D eigenvalue weighted by atomic mass is 16.5. The highest BCUT2D eigenvalue weighted by Gasteiger charge is 2.09. The molecule has 3 aromatic rings. The second-order valence-corrected chi connectivity index (χ2v) is 6.32. The Bertz CT molecular complexity index is 881. The van der Waals surface area contributed by atoms with Crippen LogP contribution in [-0.4, -0.2) is 17.1 Å².